The van der Waals surface area contributed by atoms with Crippen molar-refractivity contribution < 1.29 is 32.0 Å². The zero-order valence-corrected chi connectivity index (χ0v) is 17.7. The Balaban J connectivity index is 1.82. The maximum atomic E-state index is 14.0. The molecule has 2 aromatic carbocycles. The molecule has 0 amide bonds. The molecule has 0 saturated carbocycles. The van der Waals surface area contributed by atoms with E-state index in [2.05, 4.69) is 29.6 Å². The lowest BCUT2D eigenvalue weighted by Gasteiger charge is -2.18. The molecular weight excluding hydrogens is 453 g/mol. The minimum absolute atomic E-state index is 0.0108. The van der Waals surface area contributed by atoms with Gasteiger partial charge in [-0.3, -0.25) is 4.55 Å². The van der Waals surface area contributed by atoms with Crippen molar-refractivity contribution >= 4 is 45.4 Å². The Morgan fingerprint density at radius 3 is 2.45 bits per heavy atom. The van der Waals surface area contributed by atoms with Crippen molar-refractivity contribution in [3.05, 3.63) is 54.1 Å². The fraction of sp³-hybridized carbons (Fsp3) is 0.118. The number of hydrogen-bond acceptors (Lipinski definition) is 11. The van der Waals surface area contributed by atoms with Crippen LogP contribution in [0.4, 0.5) is 27.7 Å². The van der Waals surface area contributed by atoms with Crippen molar-refractivity contribution in [2.45, 2.75) is 16.7 Å². The monoisotopic (exact) mass is 469 g/mol. The third-order valence-electron chi connectivity index (χ3n) is 3.99. The quantitative estimate of drug-likeness (QED) is 0.192. The van der Waals surface area contributed by atoms with Crippen LogP contribution in [0.5, 0.6) is 0 Å². The summed E-state index contributed by atoms with van der Waals surface area (Å²) in [6, 6.07) is 10.8. The van der Waals surface area contributed by atoms with Gasteiger partial charge in [0.2, 0.25) is 11.9 Å². The van der Waals surface area contributed by atoms with Gasteiger partial charge in [0.15, 0.2) is 0 Å². The molecule has 0 atom stereocenters. The van der Waals surface area contributed by atoms with Crippen molar-refractivity contribution in [3.8, 4) is 0 Å². The molecule has 0 unspecified atom stereocenters. The molecule has 3 aromatic rings. The van der Waals surface area contributed by atoms with Gasteiger partial charge in [0.05, 0.1) is 16.9 Å². The minimum atomic E-state index is -4.35. The molecule has 3 rings (SSSR count). The smallest absolute Gasteiger partial charge is 0.315 e. The van der Waals surface area contributed by atoms with Gasteiger partial charge in [-0.25, -0.2) is 5.26 Å². The summed E-state index contributed by atoms with van der Waals surface area (Å²) in [7, 11) is -2.73. The Hall–Kier alpha value is -2.88. The van der Waals surface area contributed by atoms with Gasteiger partial charge in [0, 0.05) is 23.3 Å². The lowest BCUT2D eigenvalue weighted by Crippen LogP contribution is -2.15. The standard InChI is InChI=1S/C17H16FN5O6S2/c1-10-9-11(3-8-14(10)31(25,26)27)19-16-20-15(18)21-17(22-16)23(2)12-4-6-13(7-5-12)30-29-28-24/h3-9,24H,1-2H3,(H,25,26,27)(H,19,20,21,22). The zero-order chi connectivity index (χ0) is 22.6. The molecular formula is C17H16FN5O6S2. The Labute approximate surface area is 180 Å². The maximum Gasteiger partial charge on any atom is 0.315 e. The largest absolute Gasteiger partial charge is 0.324 e. The SMILES string of the molecule is Cc1cc(Nc2nc(F)nc(N(C)c3ccc(SOOO)cc3)n2)ccc1S(=O)(=O)O. The molecule has 0 aliphatic rings. The number of nitrogens with one attached hydrogen (secondary N) is 1. The highest BCUT2D eigenvalue weighted by Gasteiger charge is 2.15. The van der Waals surface area contributed by atoms with Crippen molar-refractivity contribution in [1.82, 2.24) is 15.0 Å². The number of benzene rings is 2. The third-order valence-corrected chi connectivity index (χ3v) is 5.60. The molecule has 164 valence electrons. The van der Waals surface area contributed by atoms with Crippen LogP contribution in [-0.2, 0) is 19.5 Å². The van der Waals surface area contributed by atoms with Gasteiger partial charge < -0.3 is 10.2 Å². The molecule has 0 bridgehead atoms. The highest BCUT2D eigenvalue weighted by molar-refractivity contribution is 7.94. The van der Waals surface area contributed by atoms with Crippen LogP contribution in [0.3, 0.4) is 0 Å². The van der Waals surface area contributed by atoms with E-state index in [9.17, 15) is 17.4 Å². The molecule has 0 aliphatic carbocycles. The summed E-state index contributed by atoms with van der Waals surface area (Å²) in [6.45, 7) is 1.50. The molecule has 0 spiro atoms. The molecule has 3 N–H and O–H groups in total. The number of anilines is 4. The van der Waals surface area contributed by atoms with Gasteiger partial charge in [-0.2, -0.15) is 27.8 Å². The summed E-state index contributed by atoms with van der Waals surface area (Å²) < 4.78 is 50.2. The van der Waals surface area contributed by atoms with Gasteiger partial charge in [-0.05, 0) is 55.0 Å². The highest BCUT2D eigenvalue weighted by atomic mass is 32.2. The predicted octanol–water partition coefficient (Wildman–Crippen LogP) is 3.51. The first-order chi connectivity index (χ1) is 14.7. The van der Waals surface area contributed by atoms with Crippen molar-refractivity contribution in [2.75, 3.05) is 17.3 Å². The van der Waals surface area contributed by atoms with Crippen LogP contribution in [-0.4, -0.2) is 40.2 Å². The van der Waals surface area contributed by atoms with Gasteiger partial charge in [0.1, 0.15) is 0 Å². The van der Waals surface area contributed by atoms with Gasteiger partial charge in [0.25, 0.3) is 10.1 Å². The first-order valence-corrected chi connectivity index (χ1v) is 10.6. The molecule has 14 heteroatoms. The van der Waals surface area contributed by atoms with Crippen molar-refractivity contribution in [3.63, 3.8) is 0 Å². The summed E-state index contributed by atoms with van der Waals surface area (Å²) in [6.07, 6.45) is -1.02. The Bertz CT molecular complexity index is 1180. The summed E-state index contributed by atoms with van der Waals surface area (Å²) in [5.41, 5.74) is 1.30. The fourth-order valence-electron chi connectivity index (χ4n) is 2.59. The molecule has 0 radical (unpaired) electrons. The van der Waals surface area contributed by atoms with Crippen LogP contribution >= 0.6 is 12.0 Å². The van der Waals surface area contributed by atoms with Crippen LogP contribution in [0, 0.1) is 13.0 Å². The van der Waals surface area contributed by atoms with E-state index in [-0.39, 0.29) is 22.4 Å². The minimum Gasteiger partial charge on any atom is -0.324 e. The van der Waals surface area contributed by atoms with E-state index in [1.54, 1.807) is 31.3 Å². The topological polar surface area (TPSA) is 147 Å². The first kappa shape index (κ1) is 22.8. The van der Waals surface area contributed by atoms with E-state index in [1.165, 1.54) is 30.0 Å². The van der Waals surface area contributed by atoms with E-state index in [1.807, 2.05) is 0 Å². The molecule has 0 saturated heterocycles. The second-order valence-corrected chi connectivity index (χ2v) is 8.25. The third kappa shape index (κ3) is 5.84. The fourth-order valence-corrected chi connectivity index (χ4v) is 3.65. The molecule has 31 heavy (non-hydrogen) atoms. The Morgan fingerprint density at radius 2 is 1.84 bits per heavy atom. The lowest BCUT2D eigenvalue weighted by atomic mass is 10.2. The second-order valence-electron chi connectivity index (χ2n) is 6.09. The number of halogens is 1. The Kier molecular flexibility index (Phi) is 6.99. The van der Waals surface area contributed by atoms with E-state index >= 15 is 0 Å². The number of nitrogens with zero attached hydrogens (tertiary/aromatic N) is 4. The normalized spacial score (nSPS) is 11.4. The lowest BCUT2D eigenvalue weighted by molar-refractivity contribution is -0.432. The van der Waals surface area contributed by atoms with Crippen molar-refractivity contribution in [2.24, 2.45) is 0 Å². The second kappa shape index (κ2) is 9.51. The van der Waals surface area contributed by atoms with Gasteiger partial charge >= 0.3 is 6.08 Å². The molecule has 11 nitrogen and oxygen atoms in total. The molecule has 0 aliphatic heterocycles. The number of aryl methyl sites for hydroxylation is 1. The molecule has 1 heterocycles. The van der Waals surface area contributed by atoms with E-state index in [0.29, 0.717) is 16.3 Å². The van der Waals surface area contributed by atoms with Crippen LogP contribution in [0.15, 0.2) is 52.3 Å². The van der Waals surface area contributed by atoms with Gasteiger partial charge in [-0.1, -0.05) is 5.04 Å². The predicted molar refractivity (Wildman–Crippen MR) is 109 cm³/mol. The number of rotatable bonds is 8. The van der Waals surface area contributed by atoms with E-state index in [0.717, 1.165) is 12.0 Å². The summed E-state index contributed by atoms with van der Waals surface area (Å²) >= 11 is 0.791. The average molecular weight is 469 g/mol. The van der Waals surface area contributed by atoms with Crippen LogP contribution in [0.1, 0.15) is 5.56 Å². The maximum absolute atomic E-state index is 14.0. The first-order valence-electron chi connectivity index (χ1n) is 8.42. The number of hydrogen-bond donors (Lipinski definition) is 3. The molecule has 0 fully saturated rings. The van der Waals surface area contributed by atoms with E-state index in [4.69, 9.17) is 5.26 Å². The average Bonchev–Trinajstić information content (AvgIpc) is 2.71. The van der Waals surface area contributed by atoms with Crippen LogP contribution in [0.25, 0.3) is 0 Å². The van der Waals surface area contributed by atoms with E-state index < -0.39 is 16.2 Å². The summed E-state index contributed by atoms with van der Waals surface area (Å²) in [5.74, 6) is -0.0920. The number of aromatic nitrogens is 3. The molecule has 1 aromatic heterocycles. The van der Waals surface area contributed by atoms with Crippen molar-refractivity contribution in [1.29, 1.82) is 0 Å². The van der Waals surface area contributed by atoms with Gasteiger partial charge in [-0.15, -0.1) is 4.33 Å². The Morgan fingerprint density at radius 1 is 1.13 bits per heavy atom. The van der Waals surface area contributed by atoms with Crippen LogP contribution < -0.4 is 10.2 Å². The van der Waals surface area contributed by atoms with Crippen LogP contribution in [0.2, 0.25) is 0 Å². The summed E-state index contributed by atoms with van der Waals surface area (Å²) in [5, 5.41) is 14.5. The highest BCUT2D eigenvalue weighted by Crippen LogP contribution is 2.26. The zero-order valence-electron chi connectivity index (χ0n) is 16.1. The summed E-state index contributed by atoms with van der Waals surface area (Å²) in [4.78, 5) is 13.4.